The zero-order valence-corrected chi connectivity index (χ0v) is 13.3. The van der Waals surface area contributed by atoms with Gasteiger partial charge in [-0.05, 0) is 25.0 Å². The van der Waals surface area contributed by atoms with E-state index in [-0.39, 0.29) is 18.4 Å². The molecule has 122 valence electrons. The molecule has 0 radical (unpaired) electrons. The Hall–Kier alpha value is -1.82. The van der Waals surface area contributed by atoms with Crippen molar-refractivity contribution in [3.05, 3.63) is 24.2 Å². The SMILES string of the molecule is COC(=O)C1(NCC(=O)N(C)Cc2ccco2)CCCCC1. The number of nitrogens with zero attached hydrogens (tertiary/aromatic N) is 1. The van der Waals surface area contributed by atoms with Crippen LogP contribution in [0.2, 0.25) is 0 Å². The van der Waals surface area contributed by atoms with Crippen molar-refractivity contribution in [3.63, 3.8) is 0 Å². The van der Waals surface area contributed by atoms with E-state index in [4.69, 9.17) is 9.15 Å². The Morgan fingerprint density at radius 2 is 2.09 bits per heavy atom. The Morgan fingerprint density at radius 1 is 1.36 bits per heavy atom. The number of rotatable bonds is 6. The fourth-order valence-electron chi connectivity index (χ4n) is 2.91. The summed E-state index contributed by atoms with van der Waals surface area (Å²) in [7, 11) is 3.11. The molecule has 1 aliphatic carbocycles. The van der Waals surface area contributed by atoms with Crippen LogP contribution in [0.25, 0.3) is 0 Å². The van der Waals surface area contributed by atoms with E-state index in [1.54, 1.807) is 24.3 Å². The maximum absolute atomic E-state index is 12.2. The van der Waals surface area contributed by atoms with Gasteiger partial charge in [-0.15, -0.1) is 0 Å². The summed E-state index contributed by atoms with van der Waals surface area (Å²) in [6.45, 7) is 0.533. The first kappa shape index (κ1) is 16.5. The number of nitrogens with one attached hydrogen (secondary N) is 1. The maximum atomic E-state index is 12.2. The second-order valence-corrected chi connectivity index (χ2v) is 5.82. The molecule has 0 bridgehead atoms. The number of esters is 1. The van der Waals surface area contributed by atoms with Gasteiger partial charge in [-0.25, -0.2) is 0 Å². The van der Waals surface area contributed by atoms with Crippen LogP contribution in [0.4, 0.5) is 0 Å². The number of ether oxygens (including phenoxy) is 1. The highest BCUT2D eigenvalue weighted by molar-refractivity contribution is 5.83. The molecule has 1 aromatic rings. The van der Waals surface area contributed by atoms with Gasteiger partial charge in [-0.2, -0.15) is 0 Å². The molecule has 0 aromatic carbocycles. The molecular formula is C16H24N2O4. The summed E-state index contributed by atoms with van der Waals surface area (Å²) in [5, 5.41) is 3.15. The van der Waals surface area contributed by atoms with Crippen molar-refractivity contribution in [1.29, 1.82) is 0 Å². The number of hydrogen-bond donors (Lipinski definition) is 1. The summed E-state index contributed by atoms with van der Waals surface area (Å²) in [6.07, 6.45) is 6.08. The summed E-state index contributed by atoms with van der Waals surface area (Å²) >= 11 is 0. The van der Waals surface area contributed by atoms with E-state index in [1.807, 2.05) is 6.07 Å². The lowest BCUT2D eigenvalue weighted by Gasteiger charge is -2.35. The molecule has 1 fully saturated rings. The fraction of sp³-hybridized carbons (Fsp3) is 0.625. The van der Waals surface area contributed by atoms with Gasteiger partial charge in [0.2, 0.25) is 5.91 Å². The minimum absolute atomic E-state index is 0.0785. The van der Waals surface area contributed by atoms with Gasteiger partial charge in [0.05, 0.1) is 26.5 Å². The second kappa shape index (κ2) is 7.45. The fourth-order valence-corrected chi connectivity index (χ4v) is 2.91. The summed E-state index contributed by atoms with van der Waals surface area (Å²) in [6, 6.07) is 3.62. The third-order valence-corrected chi connectivity index (χ3v) is 4.26. The number of likely N-dealkylation sites (N-methyl/N-ethyl adjacent to an activating group) is 1. The molecular weight excluding hydrogens is 284 g/mol. The zero-order valence-electron chi connectivity index (χ0n) is 13.3. The molecule has 0 aliphatic heterocycles. The number of carbonyl (C=O) groups excluding carboxylic acids is 2. The number of hydrogen-bond acceptors (Lipinski definition) is 5. The lowest BCUT2D eigenvalue weighted by Crippen LogP contribution is -2.56. The van der Waals surface area contributed by atoms with Crippen molar-refractivity contribution in [2.24, 2.45) is 0 Å². The minimum atomic E-state index is -0.714. The summed E-state index contributed by atoms with van der Waals surface area (Å²) in [5.74, 6) is 0.384. The molecule has 2 rings (SSSR count). The lowest BCUT2D eigenvalue weighted by molar-refractivity contribution is -0.150. The molecule has 6 nitrogen and oxygen atoms in total. The van der Waals surface area contributed by atoms with Crippen molar-refractivity contribution in [2.45, 2.75) is 44.2 Å². The first-order valence-corrected chi connectivity index (χ1v) is 7.67. The molecule has 1 N–H and O–H groups in total. The first-order chi connectivity index (χ1) is 10.6. The van der Waals surface area contributed by atoms with Crippen LogP contribution in [-0.2, 0) is 20.9 Å². The van der Waals surface area contributed by atoms with Gasteiger partial charge in [0.25, 0.3) is 0 Å². The predicted molar refractivity (Wildman–Crippen MR) is 81.0 cm³/mol. The van der Waals surface area contributed by atoms with Crippen LogP contribution >= 0.6 is 0 Å². The largest absolute Gasteiger partial charge is 0.468 e. The van der Waals surface area contributed by atoms with Crippen LogP contribution in [0.3, 0.4) is 0 Å². The molecule has 1 aliphatic rings. The Labute approximate surface area is 130 Å². The molecule has 1 saturated carbocycles. The molecule has 0 unspecified atom stereocenters. The molecule has 1 aromatic heterocycles. The number of furan rings is 1. The number of methoxy groups -OCH3 is 1. The average Bonchev–Trinajstić information content (AvgIpc) is 3.05. The van der Waals surface area contributed by atoms with Gasteiger partial charge in [0.1, 0.15) is 11.3 Å². The van der Waals surface area contributed by atoms with Crippen molar-refractivity contribution in [1.82, 2.24) is 10.2 Å². The highest BCUT2D eigenvalue weighted by atomic mass is 16.5. The zero-order chi connectivity index (χ0) is 16.0. The Balaban J connectivity index is 1.91. The molecule has 6 heteroatoms. The molecule has 1 amide bonds. The van der Waals surface area contributed by atoms with Crippen LogP contribution in [0.15, 0.2) is 22.8 Å². The van der Waals surface area contributed by atoms with E-state index in [9.17, 15) is 9.59 Å². The van der Waals surface area contributed by atoms with Crippen molar-refractivity contribution in [2.75, 3.05) is 20.7 Å². The first-order valence-electron chi connectivity index (χ1n) is 7.67. The van der Waals surface area contributed by atoms with E-state index >= 15 is 0 Å². The van der Waals surface area contributed by atoms with Gasteiger partial charge in [0.15, 0.2) is 0 Å². The molecule has 1 heterocycles. The van der Waals surface area contributed by atoms with Gasteiger partial charge in [-0.3, -0.25) is 14.9 Å². The van der Waals surface area contributed by atoms with E-state index in [0.29, 0.717) is 6.54 Å². The van der Waals surface area contributed by atoms with Crippen LogP contribution < -0.4 is 5.32 Å². The Bertz CT molecular complexity index is 492. The second-order valence-electron chi connectivity index (χ2n) is 5.82. The summed E-state index contributed by atoms with van der Waals surface area (Å²) in [5.41, 5.74) is -0.714. The van der Waals surface area contributed by atoms with Gasteiger partial charge >= 0.3 is 5.97 Å². The number of amides is 1. The number of carbonyl (C=O) groups is 2. The van der Waals surface area contributed by atoms with Gasteiger partial charge < -0.3 is 14.1 Å². The van der Waals surface area contributed by atoms with E-state index in [1.165, 1.54) is 7.11 Å². The molecule has 0 spiro atoms. The van der Waals surface area contributed by atoms with Crippen molar-refractivity contribution >= 4 is 11.9 Å². The smallest absolute Gasteiger partial charge is 0.326 e. The van der Waals surface area contributed by atoms with E-state index in [2.05, 4.69) is 5.32 Å². The van der Waals surface area contributed by atoms with Crippen LogP contribution in [0.1, 0.15) is 37.9 Å². The maximum Gasteiger partial charge on any atom is 0.326 e. The third-order valence-electron chi connectivity index (χ3n) is 4.26. The summed E-state index contributed by atoms with van der Waals surface area (Å²) < 4.78 is 10.2. The van der Waals surface area contributed by atoms with Crippen LogP contribution in [-0.4, -0.2) is 43.0 Å². The quantitative estimate of drug-likeness (QED) is 0.810. The topological polar surface area (TPSA) is 71.8 Å². The van der Waals surface area contributed by atoms with Crippen molar-refractivity contribution < 1.29 is 18.7 Å². The van der Waals surface area contributed by atoms with Gasteiger partial charge in [-0.1, -0.05) is 19.3 Å². The Kier molecular flexibility index (Phi) is 5.60. The monoisotopic (exact) mass is 308 g/mol. The molecule has 0 atom stereocenters. The third kappa shape index (κ3) is 3.88. The van der Waals surface area contributed by atoms with Gasteiger partial charge in [0, 0.05) is 7.05 Å². The Morgan fingerprint density at radius 3 is 2.68 bits per heavy atom. The van der Waals surface area contributed by atoms with Crippen molar-refractivity contribution in [3.8, 4) is 0 Å². The minimum Gasteiger partial charge on any atom is -0.468 e. The highest BCUT2D eigenvalue weighted by Gasteiger charge is 2.40. The predicted octanol–water partition coefficient (Wildman–Crippen LogP) is 1.70. The van der Waals surface area contributed by atoms with Crippen LogP contribution in [0.5, 0.6) is 0 Å². The summed E-state index contributed by atoms with van der Waals surface area (Å²) in [4.78, 5) is 25.9. The molecule has 22 heavy (non-hydrogen) atoms. The standard InChI is InChI=1S/C16H24N2O4/c1-18(12-13-7-6-10-22-13)14(19)11-17-16(15(20)21-2)8-4-3-5-9-16/h6-7,10,17H,3-5,8-9,11-12H2,1-2H3. The molecule has 0 saturated heterocycles. The van der Waals surface area contributed by atoms with E-state index < -0.39 is 5.54 Å². The normalized spacial score (nSPS) is 17.0. The van der Waals surface area contributed by atoms with E-state index in [0.717, 1.165) is 37.9 Å². The highest BCUT2D eigenvalue weighted by Crippen LogP contribution is 2.29. The average molecular weight is 308 g/mol. The lowest BCUT2D eigenvalue weighted by atomic mass is 9.81. The van der Waals surface area contributed by atoms with Crippen LogP contribution in [0, 0.1) is 0 Å².